The van der Waals surface area contributed by atoms with E-state index in [0.717, 1.165) is 12.0 Å². The van der Waals surface area contributed by atoms with Crippen LogP contribution in [0.5, 0.6) is 23.0 Å². The minimum atomic E-state index is -4.11. The van der Waals surface area contributed by atoms with Gasteiger partial charge in [0.25, 0.3) is 0 Å². The quantitative estimate of drug-likeness (QED) is 0.105. The zero-order chi connectivity index (χ0) is 50.9. The van der Waals surface area contributed by atoms with Gasteiger partial charge < -0.3 is 54.6 Å². The van der Waals surface area contributed by atoms with Crippen LogP contribution in [0, 0.1) is 22.7 Å². The minimum Gasteiger partial charge on any atom is -0.454 e. The lowest BCUT2D eigenvalue weighted by molar-refractivity contribution is -0.119. The van der Waals surface area contributed by atoms with Gasteiger partial charge in [-0.2, -0.15) is 8.61 Å². The van der Waals surface area contributed by atoms with E-state index in [4.69, 9.17) is 38.9 Å². The van der Waals surface area contributed by atoms with Crippen molar-refractivity contribution in [3.63, 3.8) is 0 Å². The maximum atomic E-state index is 14.0. The second-order valence-electron chi connectivity index (χ2n) is 20.1. The molecule has 0 aromatic heterocycles. The number of sulfonamides is 2. The highest BCUT2D eigenvalue weighted by Crippen LogP contribution is 2.38. The lowest BCUT2D eigenvalue weighted by Crippen LogP contribution is -2.52. The van der Waals surface area contributed by atoms with Crippen LogP contribution in [0.3, 0.4) is 0 Å². The fourth-order valence-electron chi connectivity index (χ4n) is 8.71. The number of nitrogens with zero attached hydrogens (tertiary/aromatic N) is 2. The summed E-state index contributed by atoms with van der Waals surface area (Å²) in [5.41, 5.74) is 5.90. The second-order valence-corrected chi connectivity index (χ2v) is 24.0. The molecule has 0 radical (unpaired) electrons. The number of benzene rings is 3. The standard InChI is InChI=1S/C30H41N3O9S.C19H30N2O5S/c1-30(2,11-12-31)18-33(43(36,37)21-8-9-25-26(15-21)41-19-40-25)16-24(34)23(14-20-6-4-3-5-7-20)32-29(35)42-27-17-39-28-22(27)10-13-38-28;1-14(2)11-21(12-19(4,5)8-9-20-15(3)22)27(23,24)16-6-7-17-18(10-16)26-13-25-17/h3-9,15,22-24,27-28,34H,10-14,16-19,31H2,1-2H3,(H,32,35);6-7,10,14H,8-9,11-13H2,1-5H3,(H,20,22)/t22?,23-,24?,27?,28?;/m0./s1. The molecule has 3 aromatic carbocycles. The number of hydrogen-bond acceptors (Lipinski definition) is 15. The van der Waals surface area contributed by atoms with Crippen molar-refractivity contribution in [1.82, 2.24) is 19.2 Å². The number of aliphatic hydroxyl groups excluding tert-OH is 1. The Labute approximate surface area is 412 Å². The number of hydrogen-bond donors (Lipinski definition) is 4. The molecule has 3 aromatic rings. The van der Waals surface area contributed by atoms with Crippen molar-refractivity contribution < 1.29 is 64.7 Å². The zero-order valence-corrected chi connectivity index (χ0v) is 42.9. The van der Waals surface area contributed by atoms with Gasteiger partial charge in [0.15, 0.2) is 29.3 Å². The van der Waals surface area contributed by atoms with E-state index < -0.39 is 49.8 Å². The highest BCUT2D eigenvalue weighted by Gasteiger charge is 2.44. The SMILES string of the molecule is CC(=O)NCCC(C)(C)CN(CC(C)C)S(=O)(=O)c1ccc2c(c1)OCO2.CC(C)(CCN)CN(CC(O)[C@H](Cc1ccccc1)NC(=O)OC1COC2OCCC12)S(=O)(=O)c1ccc2c(c1)OCO2. The first-order valence-electron chi connectivity index (χ1n) is 23.7. The summed E-state index contributed by atoms with van der Waals surface area (Å²) in [5, 5.41) is 17.2. The van der Waals surface area contributed by atoms with E-state index in [2.05, 4.69) is 10.6 Å². The summed E-state index contributed by atoms with van der Waals surface area (Å²) in [6.45, 7) is 15.7. The van der Waals surface area contributed by atoms with Crippen LogP contribution in [0.15, 0.2) is 76.5 Å². The molecule has 4 unspecified atom stereocenters. The van der Waals surface area contributed by atoms with Crippen molar-refractivity contribution in [2.24, 2.45) is 28.4 Å². The minimum absolute atomic E-state index is 0.00838. The van der Waals surface area contributed by atoms with Crippen LogP contribution in [0.2, 0.25) is 0 Å². The van der Waals surface area contributed by atoms with Crippen molar-refractivity contribution in [3.05, 3.63) is 72.3 Å². The average Bonchev–Trinajstić information content (AvgIpc) is 4.12. The van der Waals surface area contributed by atoms with Gasteiger partial charge in [-0.05, 0) is 78.8 Å². The molecule has 0 spiro atoms. The molecule has 0 bridgehead atoms. The molecule has 21 heteroatoms. The summed E-state index contributed by atoms with van der Waals surface area (Å²) in [6.07, 6.45) is -0.636. The fraction of sp³-hybridized carbons (Fsp3) is 0.592. The van der Waals surface area contributed by atoms with E-state index in [1.165, 1.54) is 33.7 Å². The number of aliphatic hydroxyl groups is 1. The Morgan fingerprint density at radius 2 is 1.36 bits per heavy atom. The van der Waals surface area contributed by atoms with Gasteiger partial charge in [-0.3, -0.25) is 4.79 Å². The molecule has 4 aliphatic heterocycles. The van der Waals surface area contributed by atoms with Crippen LogP contribution in [0.1, 0.15) is 73.3 Å². The normalized spacial score (nSPS) is 19.4. The van der Waals surface area contributed by atoms with E-state index in [1.807, 2.05) is 71.9 Å². The summed E-state index contributed by atoms with van der Waals surface area (Å²) in [7, 11) is -7.79. The highest BCUT2D eigenvalue weighted by atomic mass is 32.2. The van der Waals surface area contributed by atoms with Crippen LogP contribution >= 0.6 is 0 Å². The summed E-state index contributed by atoms with van der Waals surface area (Å²) < 4.78 is 95.6. The Balaban J connectivity index is 0.000000256. The van der Waals surface area contributed by atoms with E-state index in [-0.39, 0.29) is 78.9 Å². The molecule has 0 saturated carbocycles. The number of nitrogens with one attached hydrogen (secondary N) is 2. The molecule has 5 N–H and O–H groups in total. The Morgan fingerprint density at radius 3 is 1.91 bits per heavy atom. The summed E-state index contributed by atoms with van der Waals surface area (Å²) in [6, 6.07) is 17.6. The smallest absolute Gasteiger partial charge is 0.407 e. The maximum absolute atomic E-state index is 14.0. The molecule has 388 valence electrons. The van der Waals surface area contributed by atoms with Crippen molar-refractivity contribution in [3.8, 4) is 23.0 Å². The average molecular weight is 1020 g/mol. The number of carbonyl (C=O) groups is 2. The Morgan fingerprint density at radius 1 is 0.800 bits per heavy atom. The summed E-state index contributed by atoms with van der Waals surface area (Å²) in [5.74, 6) is 1.85. The number of nitrogens with two attached hydrogens (primary N) is 1. The van der Waals surface area contributed by atoms with Gasteiger partial charge in [-0.15, -0.1) is 0 Å². The second kappa shape index (κ2) is 23.7. The molecular weight excluding hydrogens is 947 g/mol. The lowest BCUT2D eigenvalue weighted by atomic mass is 9.89. The topological polar surface area (TPSA) is 244 Å². The van der Waals surface area contributed by atoms with Crippen molar-refractivity contribution >= 4 is 32.0 Å². The first-order valence-corrected chi connectivity index (χ1v) is 26.6. The van der Waals surface area contributed by atoms with Gasteiger partial charge in [-0.1, -0.05) is 71.9 Å². The molecule has 4 aliphatic rings. The number of amides is 2. The van der Waals surface area contributed by atoms with Gasteiger partial charge in [-0.25, -0.2) is 21.6 Å². The molecule has 7 rings (SSSR count). The Kier molecular flexibility index (Phi) is 18.4. The molecular formula is C49H71N5O14S2. The van der Waals surface area contributed by atoms with Crippen LogP contribution in [-0.4, -0.2) is 133 Å². The van der Waals surface area contributed by atoms with Crippen LogP contribution in [0.25, 0.3) is 0 Å². The van der Waals surface area contributed by atoms with Crippen molar-refractivity contribution in [1.29, 1.82) is 0 Å². The maximum Gasteiger partial charge on any atom is 0.407 e. The molecule has 2 saturated heterocycles. The van der Waals surface area contributed by atoms with E-state index >= 15 is 0 Å². The third kappa shape index (κ3) is 14.7. The molecule has 19 nitrogen and oxygen atoms in total. The molecule has 4 heterocycles. The van der Waals surface area contributed by atoms with Crippen molar-refractivity contribution in [2.45, 2.75) is 108 Å². The monoisotopic (exact) mass is 1020 g/mol. The van der Waals surface area contributed by atoms with Crippen LogP contribution < -0.4 is 35.3 Å². The largest absolute Gasteiger partial charge is 0.454 e. The molecule has 2 fully saturated rings. The number of rotatable bonds is 22. The van der Waals surface area contributed by atoms with Gasteiger partial charge >= 0.3 is 6.09 Å². The van der Waals surface area contributed by atoms with Crippen molar-refractivity contribution in [2.75, 3.05) is 66.1 Å². The summed E-state index contributed by atoms with van der Waals surface area (Å²) in [4.78, 5) is 24.4. The summed E-state index contributed by atoms with van der Waals surface area (Å²) >= 11 is 0. The van der Waals surface area contributed by atoms with E-state index in [1.54, 1.807) is 18.2 Å². The van der Waals surface area contributed by atoms with Crippen LogP contribution in [0.4, 0.5) is 4.79 Å². The Hall–Kier alpha value is -4.74. The number of fused-ring (bicyclic) bond motifs is 3. The fourth-order valence-corrected chi connectivity index (χ4v) is 12.2. The van der Waals surface area contributed by atoms with Gasteiger partial charge in [0.2, 0.25) is 39.5 Å². The first-order chi connectivity index (χ1) is 33.1. The number of ether oxygens (including phenoxy) is 7. The predicted octanol–water partition coefficient (Wildman–Crippen LogP) is 4.86. The first kappa shape index (κ1) is 54.6. The highest BCUT2D eigenvalue weighted by molar-refractivity contribution is 7.89. The van der Waals surface area contributed by atoms with Gasteiger partial charge in [0, 0.05) is 51.8 Å². The third-order valence-electron chi connectivity index (χ3n) is 12.4. The molecule has 5 atom stereocenters. The third-order valence-corrected chi connectivity index (χ3v) is 16.1. The van der Waals surface area contributed by atoms with Gasteiger partial charge in [0.1, 0.15) is 6.10 Å². The molecule has 0 aliphatic carbocycles. The number of carbonyl (C=O) groups excluding carboxylic acids is 2. The molecule has 2 amide bonds. The Bertz CT molecular complexity index is 2460. The van der Waals surface area contributed by atoms with Crippen LogP contribution in [-0.2, 0) is 45.5 Å². The molecule has 70 heavy (non-hydrogen) atoms. The van der Waals surface area contributed by atoms with E-state index in [9.17, 15) is 31.5 Å². The zero-order valence-electron chi connectivity index (χ0n) is 41.3. The lowest BCUT2D eigenvalue weighted by Gasteiger charge is -2.35. The van der Waals surface area contributed by atoms with Gasteiger partial charge in [0.05, 0.1) is 41.1 Å². The number of alkyl carbamates (subject to hydrolysis) is 1. The predicted molar refractivity (Wildman–Crippen MR) is 259 cm³/mol. The van der Waals surface area contributed by atoms with E-state index in [0.29, 0.717) is 68.6 Å².